The molecular weight excluding hydrogens is 272 g/mol. The minimum absolute atomic E-state index is 0.0596. The Balaban J connectivity index is 3.11. The molecule has 0 fully saturated rings. The molecule has 0 saturated carbocycles. The molecule has 0 aliphatic rings. The zero-order chi connectivity index (χ0) is 15.1. The molecule has 1 atom stereocenters. The van der Waals surface area contributed by atoms with Gasteiger partial charge >= 0.3 is 5.97 Å². The number of carbonyl (C=O) groups is 1. The lowest BCUT2D eigenvalue weighted by molar-refractivity contribution is -0.138. The Bertz CT molecular complexity index is 219. The number of hydrogen-bond acceptors (Lipinski definition) is 2. The molecule has 3 heteroatoms. The Morgan fingerprint density at radius 1 is 0.850 bits per heavy atom. The van der Waals surface area contributed by atoms with Crippen molar-refractivity contribution in [2.24, 2.45) is 5.92 Å². The van der Waals surface area contributed by atoms with Crippen LogP contribution in [-0.2, 0) is 9.08 Å². The van der Waals surface area contributed by atoms with Gasteiger partial charge in [0.1, 0.15) is 11.9 Å². The number of rotatable bonds is 14. The summed E-state index contributed by atoms with van der Waals surface area (Å²) < 4.78 is 4.20. The van der Waals surface area contributed by atoms with Crippen LogP contribution in [0.1, 0.15) is 97.3 Å². The molecule has 0 amide bonds. The standard InChI is InChI=1S/C17H33ClO2/c1-3-4-5-6-7-8-9-10-11-12-13-14-15-16(2)17(19)20-18/h16H,3-15H2,1-2H3. The normalized spacial score (nSPS) is 12.3. The molecule has 0 aliphatic carbocycles. The molecule has 0 saturated heterocycles. The first-order valence-electron chi connectivity index (χ1n) is 8.54. The van der Waals surface area contributed by atoms with Gasteiger partial charge in [0.25, 0.3) is 0 Å². The van der Waals surface area contributed by atoms with Crippen molar-refractivity contribution in [2.45, 2.75) is 97.3 Å². The second-order valence-corrected chi connectivity index (χ2v) is 6.13. The van der Waals surface area contributed by atoms with Gasteiger partial charge in [0, 0.05) is 0 Å². The maximum atomic E-state index is 11.1. The van der Waals surface area contributed by atoms with Crippen molar-refractivity contribution in [3.05, 3.63) is 0 Å². The fourth-order valence-corrected chi connectivity index (χ4v) is 2.64. The molecule has 0 N–H and O–H groups in total. The predicted octanol–water partition coefficient (Wildman–Crippen LogP) is 6.41. The van der Waals surface area contributed by atoms with E-state index in [0.29, 0.717) is 0 Å². The summed E-state index contributed by atoms with van der Waals surface area (Å²) in [7, 11) is 0. The lowest BCUT2D eigenvalue weighted by Crippen LogP contribution is -2.10. The summed E-state index contributed by atoms with van der Waals surface area (Å²) in [6, 6.07) is 0. The van der Waals surface area contributed by atoms with E-state index >= 15 is 0 Å². The third kappa shape index (κ3) is 12.8. The minimum Gasteiger partial charge on any atom is -0.347 e. The molecular formula is C17H33ClO2. The molecule has 0 aromatic heterocycles. The molecule has 0 aromatic rings. The van der Waals surface area contributed by atoms with Crippen molar-refractivity contribution in [1.29, 1.82) is 0 Å². The highest BCUT2D eigenvalue weighted by molar-refractivity contribution is 6.13. The minimum atomic E-state index is -0.297. The Morgan fingerprint density at radius 3 is 1.65 bits per heavy atom. The van der Waals surface area contributed by atoms with Gasteiger partial charge in [-0.05, 0) is 6.42 Å². The molecule has 120 valence electrons. The summed E-state index contributed by atoms with van der Waals surface area (Å²) >= 11 is 5.05. The first-order chi connectivity index (χ1) is 9.72. The van der Waals surface area contributed by atoms with Crippen LogP contribution in [0.15, 0.2) is 0 Å². The molecule has 2 nitrogen and oxygen atoms in total. The number of halogens is 1. The first-order valence-corrected chi connectivity index (χ1v) is 8.85. The van der Waals surface area contributed by atoms with E-state index in [2.05, 4.69) is 11.2 Å². The monoisotopic (exact) mass is 304 g/mol. The van der Waals surface area contributed by atoms with E-state index in [4.69, 9.17) is 11.9 Å². The lowest BCUT2D eigenvalue weighted by Gasteiger charge is -2.07. The van der Waals surface area contributed by atoms with E-state index in [1.165, 1.54) is 70.6 Å². The van der Waals surface area contributed by atoms with Crippen LogP contribution in [0.2, 0.25) is 0 Å². The molecule has 0 aromatic carbocycles. The van der Waals surface area contributed by atoms with E-state index in [1.807, 2.05) is 6.92 Å². The van der Waals surface area contributed by atoms with Crippen LogP contribution < -0.4 is 0 Å². The maximum Gasteiger partial charge on any atom is 0.327 e. The Kier molecular flexibility index (Phi) is 15.0. The molecule has 0 rings (SSSR count). The summed E-state index contributed by atoms with van der Waals surface area (Å²) in [5, 5.41) is 0. The summed E-state index contributed by atoms with van der Waals surface area (Å²) in [6.45, 7) is 4.14. The van der Waals surface area contributed by atoms with Crippen molar-refractivity contribution in [1.82, 2.24) is 0 Å². The van der Waals surface area contributed by atoms with Gasteiger partial charge in [0.15, 0.2) is 0 Å². The van der Waals surface area contributed by atoms with E-state index in [-0.39, 0.29) is 11.9 Å². The van der Waals surface area contributed by atoms with Crippen molar-refractivity contribution in [3.8, 4) is 0 Å². The van der Waals surface area contributed by atoms with Gasteiger partial charge in [-0.15, -0.1) is 0 Å². The van der Waals surface area contributed by atoms with Gasteiger partial charge < -0.3 is 4.29 Å². The second-order valence-electron chi connectivity index (χ2n) is 5.97. The molecule has 1 unspecified atom stereocenters. The average Bonchev–Trinajstić information content (AvgIpc) is 2.47. The van der Waals surface area contributed by atoms with Gasteiger partial charge in [-0.25, -0.2) is 0 Å². The van der Waals surface area contributed by atoms with Gasteiger partial charge in [0.05, 0.1) is 5.92 Å². The molecule has 0 bridgehead atoms. The molecule has 0 spiro atoms. The fourth-order valence-electron chi connectivity index (χ4n) is 2.49. The van der Waals surface area contributed by atoms with Gasteiger partial charge in [-0.1, -0.05) is 90.9 Å². The highest BCUT2D eigenvalue weighted by Crippen LogP contribution is 2.15. The van der Waals surface area contributed by atoms with E-state index < -0.39 is 0 Å². The van der Waals surface area contributed by atoms with Gasteiger partial charge in [0.2, 0.25) is 0 Å². The molecule has 0 heterocycles. The second kappa shape index (κ2) is 15.2. The van der Waals surface area contributed by atoms with Crippen LogP contribution in [0, 0.1) is 5.92 Å². The zero-order valence-corrected chi connectivity index (χ0v) is 14.2. The Morgan fingerprint density at radius 2 is 1.25 bits per heavy atom. The first kappa shape index (κ1) is 19.8. The predicted molar refractivity (Wildman–Crippen MR) is 86.8 cm³/mol. The van der Waals surface area contributed by atoms with Gasteiger partial charge in [-0.2, -0.15) is 0 Å². The number of unbranched alkanes of at least 4 members (excludes halogenated alkanes) is 11. The van der Waals surface area contributed by atoms with Crippen LogP contribution >= 0.6 is 11.9 Å². The topological polar surface area (TPSA) is 26.3 Å². The largest absolute Gasteiger partial charge is 0.347 e. The zero-order valence-electron chi connectivity index (χ0n) is 13.5. The number of hydrogen-bond donors (Lipinski definition) is 0. The highest BCUT2D eigenvalue weighted by Gasteiger charge is 2.12. The van der Waals surface area contributed by atoms with Crippen molar-refractivity contribution in [3.63, 3.8) is 0 Å². The third-order valence-electron chi connectivity index (χ3n) is 3.97. The smallest absolute Gasteiger partial charge is 0.327 e. The van der Waals surface area contributed by atoms with E-state index in [0.717, 1.165) is 12.8 Å². The Labute approximate surface area is 130 Å². The van der Waals surface area contributed by atoms with E-state index in [9.17, 15) is 4.79 Å². The van der Waals surface area contributed by atoms with Crippen molar-refractivity contribution in [2.75, 3.05) is 0 Å². The molecule has 0 aliphatic heterocycles. The summed E-state index contributed by atoms with van der Waals surface area (Å²) in [6.07, 6.45) is 17.0. The number of carbonyl (C=O) groups excluding carboxylic acids is 1. The quantitative estimate of drug-likeness (QED) is 0.346. The summed E-state index contributed by atoms with van der Waals surface area (Å²) in [4.78, 5) is 11.1. The van der Waals surface area contributed by atoms with Crippen molar-refractivity contribution < 1.29 is 9.08 Å². The molecule has 0 radical (unpaired) electrons. The van der Waals surface area contributed by atoms with E-state index in [1.54, 1.807) is 0 Å². The Hall–Kier alpha value is -0.240. The van der Waals surface area contributed by atoms with Crippen LogP contribution in [0.5, 0.6) is 0 Å². The van der Waals surface area contributed by atoms with Crippen LogP contribution in [0.4, 0.5) is 0 Å². The maximum absolute atomic E-state index is 11.1. The van der Waals surface area contributed by atoms with Crippen LogP contribution in [0.3, 0.4) is 0 Å². The summed E-state index contributed by atoms with van der Waals surface area (Å²) in [5.41, 5.74) is 0. The SMILES string of the molecule is CCCCCCCCCCCCCCC(C)C(=O)OCl. The highest BCUT2D eigenvalue weighted by atomic mass is 35.5. The van der Waals surface area contributed by atoms with Crippen LogP contribution in [0.25, 0.3) is 0 Å². The average molecular weight is 305 g/mol. The summed E-state index contributed by atoms with van der Waals surface area (Å²) in [5.74, 6) is -0.356. The van der Waals surface area contributed by atoms with Crippen molar-refractivity contribution >= 4 is 17.8 Å². The fraction of sp³-hybridized carbons (Fsp3) is 0.941. The lowest BCUT2D eigenvalue weighted by atomic mass is 10.0. The third-order valence-corrected chi connectivity index (χ3v) is 4.12. The van der Waals surface area contributed by atoms with Gasteiger partial charge in [-0.3, -0.25) is 4.79 Å². The van der Waals surface area contributed by atoms with Crippen LogP contribution in [-0.4, -0.2) is 5.97 Å². The molecule has 20 heavy (non-hydrogen) atoms.